The van der Waals surface area contributed by atoms with E-state index in [0.29, 0.717) is 0 Å². The summed E-state index contributed by atoms with van der Waals surface area (Å²) in [7, 11) is 0. The van der Waals surface area contributed by atoms with Crippen LogP contribution in [0.1, 0.15) is 18.4 Å². The van der Waals surface area contributed by atoms with Crippen molar-refractivity contribution in [2.75, 3.05) is 11.5 Å². The molecule has 0 aliphatic carbocycles. The van der Waals surface area contributed by atoms with Gasteiger partial charge in [-0.05, 0) is 17.9 Å². The molecule has 1 saturated heterocycles. The molecule has 0 aromatic heterocycles. The fourth-order valence-electron chi connectivity index (χ4n) is 1.51. The Kier molecular flexibility index (Phi) is 7.00. The summed E-state index contributed by atoms with van der Waals surface area (Å²) in [5.41, 5.74) is 1.46. The number of aryl methyl sites for hydroxylation is 1. The maximum atomic E-state index is 2.22. The van der Waals surface area contributed by atoms with E-state index in [2.05, 4.69) is 53.9 Å². The molecule has 1 aromatic carbocycles. The molecule has 3 heteroatoms. The Hall–Kier alpha value is 0.517. The van der Waals surface area contributed by atoms with Crippen LogP contribution < -0.4 is 18.9 Å². The molecule has 15 heavy (non-hydrogen) atoms. The van der Waals surface area contributed by atoms with Gasteiger partial charge in [-0.1, -0.05) is 42.3 Å². The van der Waals surface area contributed by atoms with E-state index >= 15 is 0 Å². The predicted octanol–water partition coefficient (Wildman–Crippen LogP) is 0.983. The minimum atomic E-state index is 0. The van der Waals surface area contributed by atoms with E-state index in [4.69, 9.17) is 0 Å². The first kappa shape index (κ1) is 13.6. The van der Waals surface area contributed by atoms with Gasteiger partial charge in [0.15, 0.2) is 0 Å². The van der Waals surface area contributed by atoms with E-state index in [0.717, 1.165) is 0 Å². The zero-order valence-electron chi connectivity index (χ0n) is 9.24. The monoisotopic (exact) mass is 230 g/mol. The van der Waals surface area contributed by atoms with Crippen molar-refractivity contribution < 1.29 is 18.9 Å². The Morgan fingerprint density at radius 3 is 2.40 bits per heavy atom. The van der Waals surface area contributed by atoms with Gasteiger partial charge in [-0.15, -0.1) is 0 Å². The molecule has 1 aliphatic rings. The molecular formula is C12H15LiS2. The third kappa shape index (κ3) is 4.91. The number of rotatable bonds is 3. The second-order valence-electron chi connectivity index (χ2n) is 3.41. The van der Waals surface area contributed by atoms with E-state index < -0.39 is 0 Å². The van der Waals surface area contributed by atoms with Crippen molar-refractivity contribution >= 4 is 23.5 Å². The Bertz CT molecular complexity index is 258. The molecule has 76 valence electrons. The van der Waals surface area contributed by atoms with E-state index in [1.807, 2.05) is 0 Å². The van der Waals surface area contributed by atoms with Crippen molar-refractivity contribution in [1.29, 1.82) is 0 Å². The summed E-state index contributed by atoms with van der Waals surface area (Å²) in [4.78, 5) is 0. The molecule has 0 atom stereocenters. The van der Waals surface area contributed by atoms with Crippen molar-refractivity contribution in [3.63, 3.8) is 0 Å². The molecule has 2 rings (SSSR count). The summed E-state index contributed by atoms with van der Waals surface area (Å²) in [6, 6.07) is 10.8. The largest absolute Gasteiger partial charge is 1.00 e. The van der Waals surface area contributed by atoms with Crippen LogP contribution in [0.2, 0.25) is 0 Å². The van der Waals surface area contributed by atoms with Gasteiger partial charge in [0.2, 0.25) is 0 Å². The molecule has 0 radical (unpaired) electrons. The van der Waals surface area contributed by atoms with Crippen LogP contribution >= 0.6 is 23.5 Å². The Morgan fingerprint density at radius 2 is 1.73 bits per heavy atom. The van der Waals surface area contributed by atoms with Gasteiger partial charge in [-0.3, -0.25) is 0 Å². The average Bonchev–Trinajstić information content (AvgIpc) is 2.29. The van der Waals surface area contributed by atoms with Crippen LogP contribution in [-0.4, -0.2) is 11.5 Å². The van der Waals surface area contributed by atoms with Crippen molar-refractivity contribution in [3.8, 4) is 0 Å². The summed E-state index contributed by atoms with van der Waals surface area (Å²) in [5, 5.41) is 0. The van der Waals surface area contributed by atoms with Gasteiger partial charge < -0.3 is 23.5 Å². The smallest absolute Gasteiger partial charge is 0.337 e. The zero-order chi connectivity index (χ0) is 9.64. The molecule has 0 amide bonds. The average molecular weight is 230 g/mol. The number of hydrogen-bond donors (Lipinski definition) is 0. The van der Waals surface area contributed by atoms with Gasteiger partial charge in [0, 0.05) is 0 Å². The fourth-order valence-corrected chi connectivity index (χ4v) is 4.05. The van der Waals surface area contributed by atoms with Gasteiger partial charge >= 0.3 is 18.9 Å². The second kappa shape index (κ2) is 7.74. The Labute approximate surface area is 113 Å². The van der Waals surface area contributed by atoms with Crippen molar-refractivity contribution in [2.24, 2.45) is 0 Å². The summed E-state index contributed by atoms with van der Waals surface area (Å²) in [5.74, 6) is 2.66. The second-order valence-corrected chi connectivity index (χ2v) is 6.05. The van der Waals surface area contributed by atoms with Gasteiger partial charge in [-0.25, -0.2) is 4.58 Å². The normalized spacial score (nSPS) is 17.1. The van der Waals surface area contributed by atoms with E-state index in [9.17, 15) is 0 Å². The van der Waals surface area contributed by atoms with Crippen LogP contribution in [0.5, 0.6) is 0 Å². The first-order chi connectivity index (χ1) is 6.95. The van der Waals surface area contributed by atoms with Crippen LogP contribution in [0, 0.1) is 4.58 Å². The molecule has 0 nitrogen and oxygen atoms in total. The van der Waals surface area contributed by atoms with E-state index in [-0.39, 0.29) is 18.9 Å². The third-order valence-corrected chi connectivity index (χ3v) is 5.02. The quantitative estimate of drug-likeness (QED) is 0.561. The molecule has 0 N–H and O–H groups in total. The van der Waals surface area contributed by atoms with Gasteiger partial charge in [0.05, 0.1) is 0 Å². The topological polar surface area (TPSA) is 0 Å². The minimum absolute atomic E-state index is 0. The van der Waals surface area contributed by atoms with Crippen LogP contribution in [0.4, 0.5) is 0 Å². The number of benzene rings is 1. The molecule has 0 unspecified atom stereocenters. The molecule has 0 saturated carbocycles. The standard InChI is InChI=1S/C12H15S2.Li/c1-2-5-11(6-3-1)7-8-12-13-9-4-10-14-12;/h1-3,5-6H,4,7-10H2;/q-1;+1. The van der Waals surface area contributed by atoms with Crippen molar-refractivity contribution in [3.05, 3.63) is 40.5 Å². The summed E-state index contributed by atoms with van der Waals surface area (Å²) in [6.45, 7) is 0. The molecule has 0 bridgehead atoms. The van der Waals surface area contributed by atoms with Crippen molar-refractivity contribution in [1.82, 2.24) is 0 Å². The van der Waals surface area contributed by atoms with Gasteiger partial charge in [-0.2, -0.15) is 6.42 Å². The Morgan fingerprint density at radius 1 is 1.07 bits per heavy atom. The van der Waals surface area contributed by atoms with Crippen LogP contribution in [0.15, 0.2) is 30.3 Å². The SMILES string of the molecule is [Li+].c1ccc(CC[C-]2SCCCS2)cc1. The summed E-state index contributed by atoms with van der Waals surface area (Å²) >= 11 is 4.12. The van der Waals surface area contributed by atoms with Gasteiger partial charge in [0.1, 0.15) is 0 Å². The third-order valence-electron chi connectivity index (χ3n) is 2.28. The van der Waals surface area contributed by atoms with Crippen LogP contribution in [0.3, 0.4) is 0 Å². The molecule has 1 aliphatic heterocycles. The Balaban J connectivity index is 0.00000112. The first-order valence-corrected chi connectivity index (χ1v) is 7.07. The first-order valence-electron chi connectivity index (χ1n) is 5.10. The van der Waals surface area contributed by atoms with Gasteiger partial charge in [0.25, 0.3) is 0 Å². The molecule has 1 aromatic rings. The van der Waals surface area contributed by atoms with Crippen LogP contribution in [0.25, 0.3) is 0 Å². The maximum absolute atomic E-state index is 2.22. The molecule has 0 spiro atoms. The van der Waals surface area contributed by atoms with Crippen molar-refractivity contribution in [2.45, 2.75) is 19.3 Å². The molecule has 1 heterocycles. The summed E-state index contributed by atoms with van der Waals surface area (Å²) in [6.07, 6.45) is 3.83. The number of thioether (sulfide) groups is 2. The maximum Gasteiger partial charge on any atom is 1.00 e. The molecule has 1 fully saturated rings. The van der Waals surface area contributed by atoms with Crippen LogP contribution in [-0.2, 0) is 6.42 Å². The summed E-state index contributed by atoms with van der Waals surface area (Å²) < 4.78 is 1.64. The number of hydrogen-bond acceptors (Lipinski definition) is 2. The minimum Gasteiger partial charge on any atom is -0.337 e. The molecular weight excluding hydrogens is 215 g/mol. The zero-order valence-corrected chi connectivity index (χ0v) is 10.9. The predicted molar refractivity (Wildman–Crippen MR) is 67.5 cm³/mol. The van der Waals surface area contributed by atoms with E-state index in [1.54, 1.807) is 4.58 Å². The fraction of sp³-hybridized carbons (Fsp3) is 0.417. The van der Waals surface area contributed by atoms with E-state index in [1.165, 1.54) is 36.3 Å².